The van der Waals surface area contributed by atoms with Crippen LogP contribution in [0.2, 0.25) is 5.02 Å². The molecule has 1 rings (SSSR count). The molecule has 0 aliphatic rings. The van der Waals surface area contributed by atoms with E-state index in [4.69, 9.17) is 22.0 Å². The normalized spacial score (nSPS) is 13.1. The maximum Gasteiger partial charge on any atom is 0.242 e. The van der Waals surface area contributed by atoms with Gasteiger partial charge in [-0.1, -0.05) is 11.6 Å². The Morgan fingerprint density at radius 3 is 2.76 bits per heavy atom. The third-order valence-electron chi connectivity index (χ3n) is 1.92. The highest BCUT2D eigenvalue weighted by molar-refractivity contribution is 7.89. The lowest BCUT2D eigenvalue weighted by Gasteiger charge is -2.09. The van der Waals surface area contributed by atoms with Gasteiger partial charge in [0.2, 0.25) is 10.0 Å². The van der Waals surface area contributed by atoms with Gasteiger partial charge in [-0.2, -0.15) is 5.26 Å². The minimum atomic E-state index is -3.81. The van der Waals surface area contributed by atoms with Crippen molar-refractivity contribution in [1.82, 2.24) is 4.72 Å². The van der Waals surface area contributed by atoms with Crippen LogP contribution in [0.1, 0.15) is 12.5 Å². The summed E-state index contributed by atoms with van der Waals surface area (Å²) in [6.07, 6.45) is -0.803. The second-order valence-electron chi connectivity index (χ2n) is 3.46. The van der Waals surface area contributed by atoms with Crippen molar-refractivity contribution in [1.29, 1.82) is 5.26 Å². The lowest BCUT2D eigenvalue weighted by Crippen LogP contribution is -2.30. The first-order valence-corrected chi connectivity index (χ1v) is 6.60. The number of rotatable bonds is 4. The van der Waals surface area contributed by atoms with Crippen LogP contribution >= 0.6 is 11.6 Å². The Hall–Kier alpha value is -1.13. The van der Waals surface area contributed by atoms with Crippen molar-refractivity contribution in [2.45, 2.75) is 17.9 Å². The van der Waals surface area contributed by atoms with Crippen LogP contribution in [0.3, 0.4) is 0 Å². The first kappa shape index (κ1) is 13.9. The highest BCUT2D eigenvalue weighted by Crippen LogP contribution is 2.22. The molecule has 0 fully saturated rings. The van der Waals surface area contributed by atoms with Gasteiger partial charge >= 0.3 is 0 Å². The van der Waals surface area contributed by atoms with E-state index in [2.05, 4.69) is 4.72 Å². The highest BCUT2D eigenvalue weighted by atomic mass is 35.5. The van der Waals surface area contributed by atoms with Crippen molar-refractivity contribution in [3.8, 4) is 6.07 Å². The first-order chi connectivity index (χ1) is 7.86. The van der Waals surface area contributed by atoms with Gasteiger partial charge in [0.25, 0.3) is 0 Å². The van der Waals surface area contributed by atoms with E-state index in [9.17, 15) is 8.42 Å². The minimum Gasteiger partial charge on any atom is -0.392 e. The zero-order valence-electron chi connectivity index (χ0n) is 9.01. The zero-order chi connectivity index (χ0) is 13.1. The molecular weight excluding hydrogens is 264 g/mol. The van der Waals surface area contributed by atoms with Gasteiger partial charge in [0, 0.05) is 6.54 Å². The number of nitrogens with one attached hydrogen (secondary N) is 1. The molecule has 0 aliphatic heterocycles. The van der Waals surface area contributed by atoms with Crippen LogP contribution in [0, 0.1) is 11.3 Å². The summed E-state index contributed by atoms with van der Waals surface area (Å²) >= 11 is 5.76. The van der Waals surface area contributed by atoms with Gasteiger partial charge in [-0.3, -0.25) is 0 Å². The molecule has 1 atom stereocenters. The van der Waals surface area contributed by atoms with Crippen molar-refractivity contribution in [2.75, 3.05) is 6.54 Å². The van der Waals surface area contributed by atoms with Gasteiger partial charge in [0.15, 0.2) is 0 Å². The van der Waals surface area contributed by atoms with Crippen LogP contribution in [-0.2, 0) is 10.0 Å². The number of sulfonamides is 1. The number of halogens is 1. The summed E-state index contributed by atoms with van der Waals surface area (Å²) in [6.45, 7) is 1.34. The Bertz CT molecular complexity index is 549. The average molecular weight is 275 g/mol. The topological polar surface area (TPSA) is 90.2 Å². The molecule has 5 nitrogen and oxygen atoms in total. The smallest absolute Gasteiger partial charge is 0.242 e. The molecule has 0 unspecified atom stereocenters. The molecule has 0 aromatic heterocycles. The van der Waals surface area contributed by atoms with Gasteiger partial charge in [-0.25, -0.2) is 13.1 Å². The number of hydrogen-bond donors (Lipinski definition) is 2. The number of nitriles is 1. The summed E-state index contributed by atoms with van der Waals surface area (Å²) in [6, 6.07) is 5.79. The molecule has 0 heterocycles. The number of aliphatic hydroxyl groups excluding tert-OH is 1. The fourth-order valence-electron chi connectivity index (χ4n) is 1.09. The predicted octanol–water partition coefficient (Wildman–Crippen LogP) is 0.871. The average Bonchev–Trinajstić information content (AvgIpc) is 2.27. The Kier molecular flexibility index (Phi) is 4.48. The molecule has 7 heteroatoms. The summed E-state index contributed by atoms with van der Waals surface area (Å²) in [5.74, 6) is 0. The molecule has 0 spiro atoms. The summed E-state index contributed by atoms with van der Waals surface area (Å²) in [5, 5.41) is 17.7. The van der Waals surface area contributed by atoms with E-state index in [1.165, 1.54) is 25.1 Å². The fourth-order valence-corrected chi connectivity index (χ4v) is 2.73. The Morgan fingerprint density at radius 2 is 2.24 bits per heavy atom. The summed E-state index contributed by atoms with van der Waals surface area (Å²) in [5.41, 5.74) is 0.201. The van der Waals surface area contributed by atoms with Crippen molar-refractivity contribution in [3.05, 3.63) is 28.8 Å². The minimum absolute atomic E-state index is 0.0297. The standard InChI is InChI=1S/C10H11ClN2O3S/c1-7(14)6-13-17(15,16)10-4-8(5-12)2-3-9(10)11/h2-4,7,13-14H,6H2,1H3/t7-/m0/s1. The molecule has 0 amide bonds. The molecular formula is C10H11ClN2O3S. The third-order valence-corrected chi connectivity index (χ3v) is 3.82. The molecule has 0 bridgehead atoms. The Balaban J connectivity index is 3.11. The van der Waals surface area contributed by atoms with Crippen LogP contribution in [0.25, 0.3) is 0 Å². The Morgan fingerprint density at radius 1 is 1.59 bits per heavy atom. The monoisotopic (exact) mass is 274 g/mol. The van der Waals surface area contributed by atoms with Crippen molar-refractivity contribution in [3.63, 3.8) is 0 Å². The van der Waals surface area contributed by atoms with E-state index >= 15 is 0 Å². The maximum atomic E-state index is 11.8. The zero-order valence-corrected chi connectivity index (χ0v) is 10.6. The van der Waals surface area contributed by atoms with Gasteiger partial charge in [-0.15, -0.1) is 0 Å². The summed E-state index contributed by atoms with van der Waals surface area (Å²) < 4.78 is 25.8. The lowest BCUT2D eigenvalue weighted by atomic mass is 10.2. The van der Waals surface area contributed by atoms with E-state index < -0.39 is 16.1 Å². The first-order valence-electron chi connectivity index (χ1n) is 4.74. The van der Waals surface area contributed by atoms with E-state index in [0.29, 0.717) is 0 Å². The molecule has 17 heavy (non-hydrogen) atoms. The molecule has 2 N–H and O–H groups in total. The number of benzene rings is 1. The van der Waals surface area contributed by atoms with E-state index in [-0.39, 0.29) is 22.0 Å². The molecule has 1 aromatic carbocycles. The SMILES string of the molecule is C[C@H](O)CNS(=O)(=O)c1cc(C#N)ccc1Cl. The van der Waals surface area contributed by atoms with Crippen LogP contribution < -0.4 is 4.72 Å². The second-order valence-corrected chi connectivity index (χ2v) is 5.60. The molecule has 0 saturated carbocycles. The van der Waals surface area contributed by atoms with Crippen molar-refractivity contribution < 1.29 is 13.5 Å². The Labute approximate surface area is 105 Å². The van der Waals surface area contributed by atoms with Crippen LogP contribution in [0.15, 0.2) is 23.1 Å². The van der Waals surface area contributed by atoms with Crippen LogP contribution in [0.4, 0.5) is 0 Å². The molecule has 0 aliphatic carbocycles. The highest BCUT2D eigenvalue weighted by Gasteiger charge is 2.18. The van der Waals surface area contributed by atoms with Gasteiger partial charge in [-0.05, 0) is 25.1 Å². The number of nitrogens with zero attached hydrogens (tertiary/aromatic N) is 1. The molecule has 1 aromatic rings. The number of hydrogen-bond acceptors (Lipinski definition) is 4. The van der Waals surface area contributed by atoms with Crippen LogP contribution in [-0.4, -0.2) is 26.2 Å². The van der Waals surface area contributed by atoms with E-state index in [1.807, 2.05) is 6.07 Å². The quantitative estimate of drug-likeness (QED) is 0.852. The molecule has 0 saturated heterocycles. The predicted molar refractivity (Wildman–Crippen MR) is 63.0 cm³/mol. The summed E-state index contributed by atoms with van der Waals surface area (Å²) in [7, 11) is -3.81. The van der Waals surface area contributed by atoms with Crippen molar-refractivity contribution in [2.24, 2.45) is 0 Å². The second kappa shape index (κ2) is 5.47. The maximum absolute atomic E-state index is 11.8. The molecule has 0 radical (unpaired) electrons. The van der Waals surface area contributed by atoms with Crippen LogP contribution in [0.5, 0.6) is 0 Å². The van der Waals surface area contributed by atoms with Gasteiger partial charge in [0.1, 0.15) is 4.90 Å². The van der Waals surface area contributed by atoms with Crippen molar-refractivity contribution >= 4 is 21.6 Å². The van der Waals surface area contributed by atoms with E-state index in [1.54, 1.807) is 0 Å². The largest absolute Gasteiger partial charge is 0.392 e. The fraction of sp³-hybridized carbons (Fsp3) is 0.300. The third kappa shape index (κ3) is 3.68. The number of aliphatic hydroxyl groups is 1. The van der Waals surface area contributed by atoms with Gasteiger partial charge in [0.05, 0.1) is 22.8 Å². The lowest BCUT2D eigenvalue weighted by molar-refractivity contribution is 0.198. The summed E-state index contributed by atoms with van der Waals surface area (Å²) in [4.78, 5) is -0.168. The molecule has 92 valence electrons. The van der Waals surface area contributed by atoms with Gasteiger partial charge < -0.3 is 5.11 Å². The van der Waals surface area contributed by atoms with E-state index in [0.717, 1.165) is 0 Å².